The van der Waals surface area contributed by atoms with Crippen molar-refractivity contribution in [1.29, 1.82) is 0 Å². The van der Waals surface area contributed by atoms with E-state index in [1.165, 1.54) is 18.2 Å². The predicted molar refractivity (Wildman–Crippen MR) is 62.5 cm³/mol. The molecule has 1 aliphatic rings. The molecule has 1 atom stereocenters. The molecule has 0 spiro atoms. The molecule has 3 heterocycles. The molecule has 0 N–H and O–H groups in total. The molecule has 1 aliphatic heterocycles. The van der Waals surface area contributed by atoms with Gasteiger partial charge in [0, 0.05) is 5.25 Å². The van der Waals surface area contributed by atoms with Crippen LogP contribution in [0.15, 0.2) is 22.2 Å². The molecule has 6 nitrogen and oxygen atoms in total. The number of sulfone groups is 1. The molecule has 1 unspecified atom stereocenters. The summed E-state index contributed by atoms with van der Waals surface area (Å²) in [6.45, 7) is 0. The third-order valence-electron chi connectivity index (χ3n) is 2.53. The summed E-state index contributed by atoms with van der Waals surface area (Å²) in [5, 5.41) is 0.580. The van der Waals surface area contributed by atoms with Gasteiger partial charge in [0.25, 0.3) is 5.71 Å². The lowest BCUT2D eigenvalue weighted by Gasteiger charge is -2.04. The normalized spacial score (nSPS) is 23.2. The number of hydrogen-bond donors (Lipinski definition) is 0. The third kappa shape index (κ3) is 2.27. The first-order valence-electron chi connectivity index (χ1n) is 5.06. The Balaban J connectivity index is 1.81. The van der Waals surface area contributed by atoms with Crippen LogP contribution in [0.3, 0.4) is 0 Å². The summed E-state index contributed by atoms with van der Waals surface area (Å²) < 4.78 is 27.7. The van der Waals surface area contributed by atoms with Crippen molar-refractivity contribution < 1.29 is 12.8 Å². The number of fused-ring (bicyclic) bond motifs is 1. The summed E-state index contributed by atoms with van der Waals surface area (Å²) in [4.78, 5) is 12.2. The van der Waals surface area contributed by atoms with Gasteiger partial charge in [-0.25, -0.2) is 18.4 Å². The zero-order valence-electron chi connectivity index (χ0n) is 8.74. The zero-order valence-corrected chi connectivity index (χ0v) is 10.4. The lowest BCUT2D eigenvalue weighted by Crippen LogP contribution is -2.06. The van der Waals surface area contributed by atoms with Crippen LogP contribution in [0.2, 0.25) is 0 Å². The first kappa shape index (κ1) is 11.0. The second kappa shape index (κ2) is 3.95. The number of thioether (sulfide) groups is 1. The Hall–Kier alpha value is -1.15. The van der Waals surface area contributed by atoms with Gasteiger partial charge in [-0.15, -0.1) is 0 Å². The molecule has 0 aliphatic carbocycles. The average molecular weight is 271 g/mol. The zero-order chi connectivity index (χ0) is 11.9. The fraction of sp³-hybridized carbons (Fsp3) is 0.444. The molecule has 2 aromatic heterocycles. The molecule has 0 bridgehead atoms. The quantitative estimate of drug-likeness (QED) is 0.750. The summed E-state index contributed by atoms with van der Waals surface area (Å²) in [5.74, 6) is 0.463. The first-order valence-corrected chi connectivity index (χ1v) is 7.76. The molecule has 3 rings (SSSR count). The second-order valence-electron chi connectivity index (χ2n) is 3.84. The average Bonchev–Trinajstić information content (AvgIpc) is 2.84. The van der Waals surface area contributed by atoms with E-state index in [0.29, 0.717) is 22.8 Å². The van der Waals surface area contributed by atoms with Crippen LogP contribution in [-0.2, 0) is 9.84 Å². The van der Waals surface area contributed by atoms with E-state index < -0.39 is 9.84 Å². The highest BCUT2D eigenvalue weighted by molar-refractivity contribution is 8.01. The van der Waals surface area contributed by atoms with Crippen LogP contribution in [0.5, 0.6) is 0 Å². The number of nitrogens with zero attached hydrogens (tertiary/aromatic N) is 3. The highest BCUT2D eigenvalue weighted by Gasteiger charge is 2.29. The molecular formula is C9H9N3O3S2. The summed E-state index contributed by atoms with van der Waals surface area (Å²) in [6, 6.07) is 0. The van der Waals surface area contributed by atoms with Gasteiger partial charge < -0.3 is 4.42 Å². The van der Waals surface area contributed by atoms with Crippen LogP contribution in [0.4, 0.5) is 0 Å². The minimum absolute atomic E-state index is 0.0420. The van der Waals surface area contributed by atoms with Gasteiger partial charge >= 0.3 is 0 Å². The SMILES string of the molecule is O=S1(=O)CCC(Sc2ncc3ncoc3n2)C1. The van der Waals surface area contributed by atoms with Crippen LogP contribution in [0.25, 0.3) is 11.2 Å². The van der Waals surface area contributed by atoms with Crippen LogP contribution in [-0.4, -0.2) is 40.1 Å². The van der Waals surface area contributed by atoms with E-state index in [0.717, 1.165) is 0 Å². The third-order valence-corrected chi connectivity index (χ3v) is 5.65. The first-order chi connectivity index (χ1) is 8.12. The number of hydrogen-bond acceptors (Lipinski definition) is 7. The lowest BCUT2D eigenvalue weighted by molar-refractivity contribution is 0.585. The maximum Gasteiger partial charge on any atom is 0.250 e. The van der Waals surface area contributed by atoms with Crippen molar-refractivity contribution in [3.63, 3.8) is 0 Å². The van der Waals surface area contributed by atoms with Gasteiger partial charge in [-0.1, -0.05) is 11.8 Å². The van der Waals surface area contributed by atoms with Crippen LogP contribution < -0.4 is 0 Å². The minimum atomic E-state index is -2.86. The Bertz CT molecular complexity index is 652. The van der Waals surface area contributed by atoms with Gasteiger partial charge in [0.1, 0.15) is 5.52 Å². The van der Waals surface area contributed by atoms with E-state index >= 15 is 0 Å². The fourth-order valence-electron chi connectivity index (χ4n) is 1.71. The summed E-state index contributed by atoms with van der Waals surface area (Å²) >= 11 is 1.38. The second-order valence-corrected chi connectivity index (χ2v) is 7.33. The van der Waals surface area contributed by atoms with E-state index in [4.69, 9.17) is 4.42 Å². The summed E-state index contributed by atoms with van der Waals surface area (Å²) in [6.07, 6.45) is 3.55. The number of oxazole rings is 1. The molecule has 1 saturated heterocycles. The smallest absolute Gasteiger partial charge is 0.250 e. The molecule has 0 saturated carbocycles. The predicted octanol–water partition coefficient (Wildman–Crippen LogP) is 0.897. The Morgan fingerprint density at radius 3 is 3.06 bits per heavy atom. The molecular weight excluding hydrogens is 262 g/mol. The Kier molecular flexibility index (Phi) is 2.55. The monoisotopic (exact) mass is 271 g/mol. The topological polar surface area (TPSA) is 86.0 Å². The van der Waals surface area contributed by atoms with E-state index in [1.807, 2.05) is 0 Å². The van der Waals surface area contributed by atoms with Crippen LogP contribution >= 0.6 is 11.8 Å². The Morgan fingerprint density at radius 1 is 1.41 bits per heavy atom. The van der Waals surface area contributed by atoms with Crippen molar-refractivity contribution in [1.82, 2.24) is 15.0 Å². The molecule has 0 amide bonds. The molecule has 2 aromatic rings. The maximum atomic E-state index is 11.3. The van der Waals surface area contributed by atoms with Crippen LogP contribution in [0.1, 0.15) is 6.42 Å². The lowest BCUT2D eigenvalue weighted by atomic mass is 10.4. The van der Waals surface area contributed by atoms with E-state index in [-0.39, 0.29) is 16.8 Å². The van der Waals surface area contributed by atoms with Gasteiger partial charge in [-0.3, -0.25) is 0 Å². The number of aromatic nitrogens is 3. The van der Waals surface area contributed by atoms with E-state index in [1.54, 1.807) is 6.20 Å². The fourth-order valence-corrected chi connectivity index (χ4v) is 5.08. The summed E-state index contributed by atoms with van der Waals surface area (Å²) in [5.41, 5.74) is 1.04. The summed E-state index contributed by atoms with van der Waals surface area (Å²) in [7, 11) is -2.86. The highest BCUT2D eigenvalue weighted by atomic mass is 32.2. The maximum absolute atomic E-state index is 11.3. The van der Waals surface area contributed by atoms with E-state index in [2.05, 4.69) is 15.0 Å². The van der Waals surface area contributed by atoms with E-state index in [9.17, 15) is 8.42 Å². The van der Waals surface area contributed by atoms with Crippen molar-refractivity contribution >= 4 is 32.8 Å². The standard InChI is InChI=1S/C9H9N3O3S2/c13-17(14)2-1-6(4-17)16-9-10-3-7-8(12-9)15-5-11-7/h3,5-6H,1-2,4H2. The highest BCUT2D eigenvalue weighted by Crippen LogP contribution is 2.29. The van der Waals surface area contributed by atoms with Gasteiger partial charge in [0.2, 0.25) is 0 Å². The Morgan fingerprint density at radius 2 is 2.29 bits per heavy atom. The van der Waals surface area contributed by atoms with Crippen molar-refractivity contribution in [2.45, 2.75) is 16.8 Å². The molecule has 17 heavy (non-hydrogen) atoms. The van der Waals surface area contributed by atoms with Crippen molar-refractivity contribution in [2.24, 2.45) is 0 Å². The van der Waals surface area contributed by atoms with Gasteiger partial charge in [0.15, 0.2) is 21.4 Å². The number of rotatable bonds is 2. The molecule has 1 fully saturated rings. The molecule has 90 valence electrons. The Labute approximate surface area is 102 Å². The van der Waals surface area contributed by atoms with Crippen molar-refractivity contribution in [3.8, 4) is 0 Å². The van der Waals surface area contributed by atoms with Crippen molar-refractivity contribution in [2.75, 3.05) is 11.5 Å². The van der Waals surface area contributed by atoms with Gasteiger partial charge in [-0.2, -0.15) is 4.98 Å². The van der Waals surface area contributed by atoms with Crippen LogP contribution in [0, 0.1) is 0 Å². The molecule has 0 aromatic carbocycles. The van der Waals surface area contributed by atoms with Crippen molar-refractivity contribution in [3.05, 3.63) is 12.6 Å². The van der Waals surface area contributed by atoms with Gasteiger partial charge in [0.05, 0.1) is 17.7 Å². The van der Waals surface area contributed by atoms with Gasteiger partial charge in [-0.05, 0) is 6.42 Å². The largest absolute Gasteiger partial charge is 0.425 e. The molecule has 8 heteroatoms. The minimum Gasteiger partial charge on any atom is -0.425 e. The molecule has 0 radical (unpaired) electrons.